The molecule has 0 spiro atoms. The van der Waals surface area contributed by atoms with Crippen LogP contribution < -0.4 is 0 Å². The first-order valence-electron chi connectivity index (χ1n) is 4.51. The van der Waals surface area contributed by atoms with Gasteiger partial charge in [-0.05, 0) is 24.1 Å². The van der Waals surface area contributed by atoms with Gasteiger partial charge in [-0.1, -0.05) is 6.07 Å². The van der Waals surface area contributed by atoms with Crippen LogP contribution in [0.5, 0.6) is 0 Å². The van der Waals surface area contributed by atoms with Crippen LogP contribution in [0.15, 0.2) is 36.9 Å². The van der Waals surface area contributed by atoms with Crippen LogP contribution in [0.1, 0.15) is 17.0 Å². The van der Waals surface area contributed by atoms with Gasteiger partial charge in [0.05, 0.1) is 0 Å². The maximum Gasteiger partial charge on any atom is 0.125 e. The average Bonchev–Trinajstić information content (AvgIpc) is 2.23. The SMILES string of the molecule is Cc1ncc(Cc2cccnc2)cn1. The average molecular weight is 185 g/mol. The van der Waals surface area contributed by atoms with Gasteiger partial charge in [0.25, 0.3) is 0 Å². The van der Waals surface area contributed by atoms with Crippen molar-refractivity contribution >= 4 is 0 Å². The van der Waals surface area contributed by atoms with E-state index in [0.717, 1.165) is 17.8 Å². The van der Waals surface area contributed by atoms with Crippen molar-refractivity contribution in [1.29, 1.82) is 0 Å². The lowest BCUT2D eigenvalue weighted by atomic mass is 10.1. The fraction of sp³-hybridized carbons (Fsp3) is 0.182. The first-order chi connectivity index (χ1) is 6.84. The van der Waals surface area contributed by atoms with E-state index in [1.54, 1.807) is 6.20 Å². The van der Waals surface area contributed by atoms with E-state index in [-0.39, 0.29) is 0 Å². The molecule has 0 aromatic carbocycles. The van der Waals surface area contributed by atoms with E-state index in [0.29, 0.717) is 0 Å². The zero-order chi connectivity index (χ0) is 9.80. The van der Waals surface area contributed by atoms with E-state index in [1.807, 2.05) is 37.6 Å². The highest BCUT2D eigenvalue weighted by atomic mass is 14.8. The third-order valence-corrected chi connectivity index (χ3v) is 1.97. The molecule has 0 saturated heterocycles. The molecule has 2 aromatic rings. The molecule has 0 unspecified atom stereocenters. The van der Waals surface area contributed by atoms with Gasteiger partial charge in [-0.2, -0.15) is 0 Å². The molecule has 0 saturated carbocycles. The van der Waals surface area contributed by atoms with Gasteiger partial charge in [0.1, 0.15) is 5.82 Å². The number of aryl methyl sites for hydroxylation is 1. The Balaban J connectivity index is 2.16. The van der Waals surface area contributed by atoms with Crippen LogP contribution in [0, 0.1) is 6.92 Å². The molecule has 0 fully saturated rings. The molecule has 2 aromatic heterocycles. The third-order valence-electron chi connectivity index (χ3n) is 1.97. The summed E-state index contributed by atoms with van der Waals surface area (Å²) >= 11 is 0. The molecular formula is C11H11N3. The van der Waals surface area contributed by atoms with E-state index in [2.05, 4.69) is 15.0 Å². The van der Waals surface area contributed by atoms with Crippen LogP contribution >= 0.6 is 0 Å². The Kier molecular flexibility index (Phi) is 2.49. The highest BCUT2D eigenvalue weighted by Crippen LogP contribution is 2.05. The summed E-state index contributed by atoms with van der Waals surface area (Å²) in [5.74, 6) is 0.805. The van der Waals surface area contributed by atoms with Gasteiger partial charge in [-0.15, -0.1) is 0 Å². The van der Waals surface area contributed by atoms with Gasteiger partial charge in [-0.3, -0.25) is 4.98 Å². The van der Waals surface area contributed by atoms with Crippen molar-refractivity contribution in [1.82, 2.24) is 15.0 Å². The normalized spacial score (nSPS) is 10.1. The van der Waals surface area contributed by atoms with Gasteiger partial charge in [0.2, 0.25) is 0 Å². The van der Waals surface area contributed by atoms with E-state index >= 15 is 0 Å². The molecule has 0 N–H and O–H groups in total. The zero-order valence-corrected chi connectivity index (χ0v) is 8.01. The number of rotatable bonds is 2. The topological polar surface area (TPSA) is 38.7 Å². The molecule has 3 heteroatoms. The number of hydrogen-bond donors (Lipinski definition) is 0. The number of nitrogens with zero attached hydrogens (tertiary/aromatic N) is 3. The zero-order valence-electron chi connectivity index (χ0n) is 8.01. The Morgan fingerprint density at radius 2 is 1.86 bits per heavy atom. The van der Waals surface area contributed by atoms with E-state index in [4.69, 9.17) is 0 Å². The van der Waals surface area contributed by atoms with Crippen LogP contribution in [0.3, 0.4) is 0 Å². The first kappa shape index (κ1) is 8.81. The molecule has 2 rings (SSSR count). The maximum absolute atomic E-state index is 4.14. The monoisotopic (exact) mass is 185 g/mol. The van der Waals surface area contributed by atoms with E-state index in [9.17, 15) is 0 Å². The van der Waals surface area contributed by atoms with Crippen molar-refractivity contribution in [2.24, 2.45) is 0 Å². The van der Waals surface area contributed by atoms with Crippen LogP contribution in [-0.4, -0.2) is 15.0 Å². The predicted molar refractivity (Wildman–Crippen MR) is 53.8 cm³/mol. The first-order valence-corrected chi connectivity index (χ1v) is 4.51. The van der Waals surface area contributed by atoms with Crippen LogP contribution in [-0.2, 0) is 6.42 Å². The molecule has 70 valence electrons. The summed E-state index contributed by atoms with van der Waals surface area (Å²) in [7, 11) is 0. The van der Waals surface area contributed by atoms with Gasteiger partial charge in [0, 0.05) is 31.2 Å². The minimum atomic E-state index is 0.805. The van der Waals surface area contributed by atoms with Crippen LogP contribution in [0.4, 0.5) is 0 Å². The summed E-state index contributed by atoms with van der Waals surface area (Å²) in [5.41, 5.74) is 2.29. The van der Waals surface area contributed by atoms with Crippen molar-refractivity contribution in [3.63, 3.8) is 0 Å². The smallest absolute Gasteiger partial charge is 0.125 e. The summed E-state index contributed by atoms with van der Waals surface area (Å²) in [5, 5.41) is 0. The Bertz CT molecular complexity index is 395. The summed E-state index contributed by atoms with van der Waals surface area (Å²) in [6.45, 7) is 1.88. The molecular weight excluding hydrogens is 174 g/mol. The number of aromatic nitrogens is 3. The van der Waals surface area contributed by atoms with E-state index < -0.39 is 0 Å². The summed E-state index contributed by atoms with van der Waals surface area (Å²) < 4.78 is 0. The molecule has 0 radical (unpaired) electrons. The molecule has 0 aliphatic heterocycles. The maximum atomic E-state index is 4.14. The summed E-state index contributed by atoms with van der Waals surface area (Å²) in [6, 6.07) is 3.98. The van der Waals surface area contributed by atoms with Crippen molar-refractivity contribution in [3.8, 4) is 0 Å². The van der Waals surface area contributed by atoms with Crippen LogP contribution in [0.25, 0.3) is 0 Å². The summed E-state index contributed by atoms with van der Waals surface area (Å²) in [6.07, 6.45) is 8.19. The molecule has 0 atom stereocenters. The largest absolute Gasteiger partial charge is 0.264 e. The van der Waals surface area contributed by atoms with E-state index in [1.165, 1.54) is 5.56 Å². The second-order valence-corrected chi connectivity index (χ2v) is 3.18. The Morgan fingerprint density at radius 1 is 1.07 bits per heavy atom. The van der Waals surface area contributed by atoms with Crippen LogP contribution in [0.2, 0.25) is 0 Å². The third kappa shape index (κ3) is 2.13. The van der Waals surface area contributed by atoms with Crippen molar-refractivity contribution in [3.05, 3.63) is 53.9 Å². The molecule has 0 aliphatic rings. The molecule has 3 nitrogen and oxygen atoms in total. The van der Waals surface area contributed by atoms with Crippen molar-refractivity contribution in [2.45, 2.75) is 13.3 Å². The lowest BCUT2D eigenvalue weighted by Gasteiger charge is -1.99. The lowest BCUT2D eigenvalue weighted by Crippen LogP contribution is -1.93. The Hall–Kier alpha value is -1.77. The second-order valence-electron chi connectivity index (χ2n) is 3.18. The fourth-order valence-corrected chi connectivity index (χ4v) is 1.25. The molecule has 2 heterocycles. The molecule has 14 heavy (non-hydrogen) atoms. The molecule has 0 amide bonds. The van der Waals surface area contributed by atoms with Crippen molar-refractivity contribution < 1.29 is 0 Å². The standard InChI is InChI=1S/C11H11N3/c1-9-13-7-11(8-14-9)5-10-3-2-4-12-6-10/h2-4,6-8H,5H2,1H3. The Labute approximate surface area is 82.9 Å². The summed E-state index contributed by atoms with van der Waals surface area (Å²) in [4.78, 5) is 12.3. The second kappa shape index (κ2) is 3.96. The van der Waals surface area contributed by atoms with Gasteiger partial charge in [-0.25, -0.2) is 9.97 Å². The Morgan fingerprint density at radius 3 is 2.50 bits per heavy atom. The molecule has 0 bridgehead atoms. The minimum absolute atomic E-state index is 0.805. The fourth-order valence-electron chi connectivity index (χ4n) is 1.25. The van der Waals surface area contributed by atoms with Gasteiger partial charge in [0.15, 0.2) is 0 Å². The molecule has 0 aliphatic carbocycles. The predicted octanol–water partition coefficient (Wildman–Crippen LogP) is 1.77. The van der Waals surface area contributed by atoms with Gasteiger partial charge < -0.3 is 0 Å². The van der Waals surface area contributed by atoms with Crippen molar-refractivity contribution in [2.75, 3.05) is 0 Å². The minimum Gasteiger partial charge on any atom is -0.264 e. The quantitative estimate of drug-likeness (QED) is 0.715. The lowest BCUT2D eigenvalue weighted by molar-refractivity contribution is 0.999. The highest BCUT2D eigenvalue weighted by Gasteiger charge is 1.96. The highest BCUT2D eigenvalue weighted by molar-refractivity contribution is 5.19. The van der Waals surface area contributed by atoms with Gasteiger partial charge >= 0.3 is 0 Å². The number of hydrogen-bond acceptors (Lipinski definition) is 3. The number of pyridine rings is 1.